The van der Waals surface area contributed by atoms with Crippen molar-refractivity contribution in [2.45, 2.75) is 32.2 Å². The quantitative estimate of drug-likeness (QED) is 0.606. The molecule has 3 amide bonds. The Labute approximate surface area is 163 Å². The molecular weight excluding hydrogens is 364 g/mol. The van der Waals surface area contributed by atoms with E-state index in [9.17, 15) is 14.4 Å². The third-order valence-corrected chi connectivity index (χ3v) is 5.13. The van der Waals surface area contributed by atoms with E-state index in [1.54, 1.807) is 43.3 Å². The van der Waals surface area contributed by atoms with Gasteiger partial charge in [0.1, 0.15) is 5.54 Å². The van der Waals surface area contributed by atoms with Gasteiger partial charge in [-0.15, -0.1) is 0 Å². The molecule has 140 valence electrons. The standard InChI is InChI=1S/C21H21ClN2O3/c1-3-6-14-9-11-15(12-10-14)18(25)13-24-19(26)21(2,23-20(24)27)16-7-4-5-8-17(16)22/h4-5,7-12H,3,6,13H2,1-2H3,(H,23,27)/t21-/m1/s1. The average molecular weight is 385 g/mol. The molecule has 1 N–H and O–H groups in total. The molecule has 1 atom stereocenters. The summed E-state index contributed by atoms with van der Waals surface area (Å²) in [7, 11) is 0. The van der Waals surface area contributed by atoms with Crippen molar-refractivity contribution < 1.29 is 14.4 Å². The lowest BCUT2D eigenvalue weighted by atomic mass is 9.92. The lowest BCUT2D eigenvalue weighted by Gasteiger charge is -2.23. The van der Waals surface area contributed by atoms with Gasteiger partial charge in [0.05, 0.1) is 6.54 Å². The highest BCUT2D eigenvalue weighted by Gasteiger charge is 2.50. The van der Waals surface area contributed by atoms with Crippen molar-refractivity contribution in [2.24, 2.45) is 0 Å². The van der Waals surface area contributed by atoms with Gasteiger partial charge >= 0.3 is 6.03 Å². The Morgan fingerprint density at radius 2 is 1.78 bits per heavy atom. The molecule has 2 aromatic carbocycles. The molecule has 1 fully saturated rings. The van der Waals surface area contributed by atoms with Crippen LogP contribution in [0.2, 0.25) is 5.02 Å². The molecule has 0 saturated carbocycles. The van der Waals surface area contributed by atoms with E-state index in [-0.39, 0.29) is 12.3 Å². The maximum Gasteiger partial charge on any atom is 0.325 e. The predicted molar refractivity (Wildman–Crippen MR) is 104 cm³/mol. The van der Waals surface area contributed by atoms with Crippen molar-refractivity contribution in [2.75, 3.05) is 6.54 Å². The van der Waals surface area contributed by atoms with Crippen molar-refractivity contribution in [1.82, 2.24) is 10.2 Å². The molecule has 0 unspecified atom stereocenters. The first-order valence-electron chi connectivity index (χ1n) is 8.88. The number of aryl methyl sites for hydroxylation is 1. The van der Waals surface area contributed by atoms with Crippen LogP contribution in [0.5, 0.6) is 0 Å². The van der Waals surface area contributed by atoms with Gasteiger partial charge in [-0.1, -0.05) is 67.4 Å². The zero-order valence-electron chi connectivity index (χ0n) is 15.3. The summed E-state index contributed by atoms with van der Waals surface area (Å²) in [5.74, 6) is -0.776. The number of urea groups is 1. The minimum absolute atomic E-state index is 0.287. The molecule has 1 aliphatic heterocycles. The first kappa shape index (κ1) is 19.1. The van der Waals surface area contributed by atoms with Crippen LogP contribution >= 0.6 is 11.6 Å². The van der Waals surface area contributed by atoms with Crippen LogP contribution in [0, 0.1) is 0 Å². The Morgan fingerprint density at radius 1 is 1.11 bits per heavy atom. The van der Waals surface area contributed by atoms with Crippen LogP contribution in [-0.2, 0) is 16.8 Å². The SMILES string of the molecule is CCCc1ccc(C(=O)CN2C(=O)N[C@](C)(c3ccccc3Cl)C2=O)cc1. The fourth-order valence-corrected chi connectivity index (χ4v) is 3.60. The number of carbonyl (C=O) groups is 3. The second-order valence-electron chi connectivity index (χ2n) is 6.80. The number of ketones is 1. The van der Waals surface area contributed by atoms with Crippen LogP contribution in [0.1, 0.15) is 41.8 Å². The summed E-state index contributed by atoms with van der Waals surface area (Å²) in [6.07, 6.45) is 1.97. The van der Waals surface area contributed by atoms with Gasteiger partial charge < -0.3 is 5.32 Å². The zero-order valence-corrected chi connectivity index (χ0v) is 16.0. The zero-order chi connectivity index (χ0) is 19.6. The van der Waals surface area contributed by atoms with Gasteiger partial charge in [-0.2, -0.15) is 0 Å². The lowest BCUT2D eigenvalue weighted by molar-refractivity contribution is -0.130. The summed E-state index contributed by atoms with van der Waals surface area (Å²) in [6, 6.07) is 13.5. The Morgan fingerprint density at radius 3 is 2.41 bits per heavy atom. The number of hydrogen-bond acceptors (Lipinski definition) is 3. The van der Waals surface area contributed by atoms with Crippen molar-refractivity contribution >= 4 is 29.3 Å². The first-order chi connectivity index (χ1) is 12.9. The van der Waals surface area contributed by atoms with E-state index in [0.717, 1.165) is 23.3 Å². The molecule has 1 aliphatic rings. The van der Waals surface area contributed by atoms with E-state index in [0.29, 0.717) is 16.1 Å². The average Bonchev–Trinajstić information content (AvgIpc) is 2.87. The Balaban J connectivity index is 1.79. The molecule has 5 nitrogen and oxygen atoms in total. The van der Waals surface area contributed by atoms with Gasteiger partial charge in [0.15, 0.2) is 5.78 Å². The molecule has 0 spiro atoms. The van der Waals surface area contributed by atoms with Crippen molar-refractivity contribution in [3.8, 4) is 0 Å². The van der Waals surface area contributed by atoms with E-state index >= 15 is 0 Å². The highest BCUT2D eigenvalue weighted by molar-refractivity contribution is 6.32. The van der Waals surface area contributed by atoms with E-state index in [2.05, 4.69) is 12.2 Å². The van der Waals surface area contributed by atoms with Crippen LogP contribution < -0.4 is 5.32 Å². The Bertz CT molecular complexity index is 895. The number of carbonyl (C=O) groups excluding carboxylic acids is 3. The van der Waals surface area contributed by atoms with Crippen LogP contribution in [0.4, 0.5) is 4.79 Å². The molecule has 0 radical (unpaired) electrons. The summed E-state index contributed by atoms with van der Waals surface area (Å²) in [5, 5.41) is 3.05. The summed E-state index contributed by atoms with van der Waals surface area (Å²) in [5.41, 5.74) is 0.835. The summed E-state index contributed by atoms with van der Waals surface area (Å²) in [4.78, 5) is 38.8. The van der Waals surface area contributed by atoms with Crippen molar-refractivity contribution in [3.05, 3.63) is 70.2 Å². The van der Waals surface area contributed by atoms with E-state index in [1.165, 1.54) is 0 Å². The van der Waals surface area contributed by atoms with Crippen molar-refractivity contribution in [3.63, 3.8) is 0 Å². The number of nitrogens with one attached hydrogen (secondary N) is 1. The molecule has 6 heteroatoms. The number of amides is 3. The van der Waals surface area contributed by atoms with Crippen LogP contribution in [0.15, 0.2) is 48.5 Å². The highest BCUT2D eigenvalue weighted by atomic mass is 35.5. The molecule has 2 aromatic rings. The predicted octanol–water partition coefficient (Wildman–Crippen LogP) is 3.94. The van der Waals surface area contributed by atoms with Crippen LogP contribution in [-0.4, -0.2) is 29.2 Å². The molecule has 1 saturated heterocycles. The van der Waals surface area contributed by atoms with Gasteiger partial charge in [0, 0.05) is 16.1 Å². The minimum atomic E-state index is -1.29. The van der Waals surface area contributed by atoms with E-state index < -0.39 is 17.5 Å². The fourth-order valence-electron chi connectivity index (χ4n) is 3.27. The molecule has 3 rings (SSSR count). The van der Waals surface area contributed by atoms with Crippen molar-refractivity contribution in [1.29, 1.82) is 0 Å². The number of nitrogens with zero attached hydrogens (tertiary/aromatic N) is 1. The molecule has 27 heavy (non-hydrogen) atoms. The number of rotatable bonds is 6. The fraction of sp³-hybridized carbons (Fsp3) is 0.286. The molecular formula is C21H21ClN2O3. The number of benzene rings is 2. The molecule has 0 aliphatic carbocycles. The normalized spacial score (nSPS) is 19.3. The Hall–Kier alpha value is -2.66. The summed E-state index contributed by atoms with van der Waals surface area (Å²) in [6.45, 7) is 3.38. The van der Waals surface area contributed by atoms with Gasteiger partial charge in [-0.3, -0.25) is 14.5 Å². The lowest BCUT2D eigenvalue weighted by Crippen LogP contribution is -2.41. The number of Topliss-reactive ketones (excluding diaryl/α,β-unsaturated/α-hetero) is 1. The third kappa shape index (κ3) is 3.60. The first-order valence-corrected chi connectivity index (χ1v) is 9.26. The maximum absolute atomic E-state index is 12.9. The van der Waals surface area contributed by atoms with Gasteiger partial charge in [0.25, 0.3) is 5.91 Å². The molecule has 0 aromatic heterocycles. The number of hydrogen-bond donors (Lipinski definition) is 1. The summed E-state index contributed by atoms with van der Waals surface area (Å²) < 4.78 is 0. The van der Waals surface area contributed by atoms with Gasteiger partial charge in [-0.05, 0) is 25.0 Å². The molecule has 1 heterocycles. The minimum Gasteiger partial charge on any atom is -0.319 e. The number of imide groups is 1. The largest absolute Gasteiger partial charge is 0.325 e. The Kier molecular flexibility index (Phi) is 5.33. The summed E-state index contributed by atoms with van der Waals surface area (Å²) >= 11 is 6.21. The highest BCUT2D eigenvalue weighted by Crippen LogP contribution is 2.33. The van der Waals surface area contributed by atoms with Gasteiger partial charge in [-0.25, -0.2) is 4.79 Å². The number of halogens is 1. The third-order valence-electron chi connectivity index (χ3n) is 4.80. The van der Waals surface area contributed by atoms with Crippen LogP contribution in [0.25, 0.3) is 0 Å². The maximum atomic E-state index is 12.9. The van der Waals surface area contributed by atoms with E-state index in [1.807, 2.05) is 12.1 Å². The second-order valence-corrected chi connectivity index (χ2v) is 7.20. The van der Waals surface area contributed by atoms with E-state index in [4.69, 9.17) is 11.6 Å². The smallest absolute Gasteiger partial charge is 0.319 e. The second kappa shape index (κ2) is 7.53. The topological polar surface area (TPSA) is 66.5 Å². The molecule has 0 bridgehead atoms. The monoisotopic (exact) mass is 384 g/mol. The van der Waals surface area contributed by atoms with Crippen LogP contribution in [0.3, 0.4) is 0 Å². The van der Waals surface area contributed by atoms with Gasteiger partial charge in [0.2, 0.25) is 0 Å².